The third-order valence-corrected chi connectivity index (χ3v) is 5.28. The van der Waals surface area contributed by atoms with Gasteiger partial charge in [0.1, 0.15) is 0 Å². The van der Waals surface area contributed by atoms with E-state index in [1.54, 1.807) is 12.1 Å². The van der Waals surface area contributed by atoms with Crippen molar-refractivity contribution in [3.63, 3.8) is 0 Å². The molecule has 2 aromatic rings. The first kappa shape index (κ1) is 14.9. The van der Waals surface area contributed by atoms with E-state index in [-0.39, 0.29) is 20.2 Å². The van der Waals surface area contributed by atoms with Crippen molar-refractivity contribution < 1.29 is 9.66 Å². The number of nitro benzene ring substituents is 1. The van der Waals surface area contributed by atoms with Gasteiger partial charge in [0.25, 0.3) is 0 Å². The summed E-state index contributed by atoms with van der Waals surface area (Å²) >= 11 is 0.279. The molecule has 1 fully saturated rings. The molecule has 1 saturated heterocycles. The molecular formula is C14H14N4O3Se. The average molecular weight is 365 g/mol. The summed E-state index contributed by atoms with van der Waals surface area (Å²) in [4.78, 5) is 14.6. The molecule has 114 valence electrons. The Balaban J connectivity index is 1.75. The van der Waals surface area contributed by atoms with Crippen molar-refractivity contribution in [2.24, 2.45) is 10.2 Å². The molecular weight excluding hydrogens is 351 g/mol. The van der Waals surface area contributed by atoms with Gasteiger partial charge in [0.15, 0.2) is 0 Å². The second-order valence-corrected chi connectivity index (χ2v) is 6.56. The van der Waals surface area contributed by atoms with Crippen LogP contribution in [0.2, 0.25) is 0 Å². The zero-order valence-electron chi connectivity index (χ0n) is 11.7. The van der Waals surface area contributed by atoms with Crippen LogP contribution in [0.1, 0.15) is 0 Å². The Morgan fingerprint density at radius 2 is 1.86 bits per heavy atom. The van der Waals surface area contributed by atoms with E-state index >= 15 is 0 Å². The van der Waals surface area contributed by atoms with E-state index in [0.29, 0.717) is 5.69 Å². The first-order valence-corrected chi connectivity index (χ1v) is 8.65. The second kappa shape index (κ2) is 6.83. The number of azo groups is 1. The molecule has 1 aromatic heterocycles. The minimum atomic E-state index is -0.428. The zero-order chi connectivity index (χ0) is 15.4. The van der Waals surface area contributed by atoms with Gasteiger partial charge in [0, 0.05) is 0 Å². The Bertz CT molecular complexity index is 678. The normalized spacial score (nSPS) is 15.4. The van der Waals surface area contributed by atoms with Crippen LogP contribution in [0.4, 0.5) is 21.6 Å². The van der Waals surface area contributed by atoms with Crippen molar-refractivity contribution in [3.05, 3.63) is 45.4 Å². The molecule has 3 rings (SSSR count). The van der Waals surface area contributed by atoms with Gasteiger partial charge >= 0.3 is 133 Å². The van der Waals surface area contributed by atoms with E-state index < -0.39 is 4.92 Å². The van der Waals surface area contributed by atoms with Gasteiger partial charge in [-0.15, -0.1) is 0 Å². The Morgan fingerprint density at radius 3 is 2.55 bits per heavy atom. The minimum absolute atomic E-state index is 0.0521. The Hall–Kier alpha value is -2.02. The van der Waals surface area contributed by atoms with Gasteiger partial charge < -0.3 is 0 Å². The number of ether oxygens (including phenoxy) is 1. The number of nitro groups is 1. The molecule has 7 nitrogen and oxygen atoms in total. The van der Waals surface area contributed by atoms with Gasteiger partial charge in [-0.05, 0) is 0 Å². The van der Waals surface area contributed by atoms with Crippen LogP contribution in [0.15, 0.2) is 45.5 Å². The maximum absolute atomic E-state index is 10.6. The van der Waals surface area contributed by atoms with Gasteiger partial charge in [-0.25, -0.2) is 0 Å². The summed E-state index contributed by atoms with van der Waals surface area (Å²) < 4.78 is 6.59. The van der Waals surface area contributed by atoms with E-state index in [1.165, 1.54) is 16.7 Å². The summed E-state index contributed by atoms with van der Waals surface area (Å²) in [6.45, 7) is 3.25. The van der Waals surface area contributed by atoms with Crippen LogP contribution in [-0.2, 0) is 4.74 Å². The SMILES string of the molecule is O=[N+]([O-])c1ccc(N=Nc2cc[se]c2N2CCOCC2)cc1. The van der Waals surface area contributed by atoms with Crippen LogP contribution in [0.5, 0.6) is 0 Å². The molecule has 0 unspecified atom stereocenters. The fourth-order valence-electron chi connectivity index (χ4n) is 2.13. The zero-order valence-corrected chi connectivity index (χ0v) is 13.4. The molecule has 1 aromatic carbocycles. The molecule has 0 N–H and O–H groups in total. The van der Waals surface area contributed by atoms with Gasteiger partial charge in [0.2, 0.25) is 0 Å². The van der Waals surface area contributed by atoms with E-state index in [1.807, 2.05) is 6.07 Å². The molecule has 22 heavy (non-hydrogen) atoms. The van der Waals surface area contributed by atoms with Crippen molar-refractivity contribution in [3.8, 4) is 0 Å². The Labute approximate surface area is 133 Å². The van der Waals surface area contributed by atoms with Crippen LogP contribution in [0.3, 0.4) is 0 Å². The van der Waals surface area contributed by atoms with Crippen LogP contribution in [0.25, 0.3) is 0 Å². The molecule has 0 bridgehead atoms. The fourth-order valence-corrected chi connectivity index (χ4v) is 3.99. The summed E-state index contributed by atoms with van der Waals surface area (Å²) in [5.41, 5.74) is 1.53. The van der Waals surface area contributed by atoms with Crippen LogP contribution >= 0.6 is 0 Å². The molecule has 0 amide bonds. The number of benzene rings is 1. The number of hydrogen-bond donors (Lipinski definition) is 0. The predicted molar refractivity (Wildman–Crippen MR) is 83.7 cm³/mol. The topological polar surface area (TPSA) is 80.3 Å². The summed E-state index contributed by atoms with van der Waals surface area (Å²) in [6.07, 6.45) is 0. The molecule has 2 heterocycles. The van der Waals surface area contributed by atoms with Crippen molar-refractivity contribution in [1.82, 2.24) is 0 Å². The van der Waals surface area contributed by atoms with Crippen molar-refractivity contribution >= 4 is 36.1 Å². The number of non-ortho nitro benzene ring substituents is 1. The quantitative estimate of drug-likeness (QED) is 0.361. The van der Waals surface area contributed by atoms with Gasteiger partial charge in [-0.3, -0.25) is 0 Å². The molecule has 1 aliphatic heterocycles. The van der Waals surface area contributed by atoms with Crippen molar-refractivity contribution in [2.75, 3.05) is 31.2 Å². The monoisotopic (exact) mass is 366 g/mol. The van der Waals surface area contributed by atoms with Gasteiger partial charge in [0.05, 0.1) is 0 Å². The summed E-state index contributed by atoms with van der Waals surface area (Å²) in [7, 11) is 0. The average Bonchev–Trinajstić information content (AvgIpc) is 3.02. The van der Waals surface area contributed by atoms with Crippen LogP contribution < -0.4 is 4.90 Å². The van der Waals surface area contributed by atoms with Crippen LogP contribution in [0, 0.1) is 10.1 Å². The van der Waals surface area contributed by atoms with E-state index in [4.69, 9.17) is 4.74 Å². The second-order valence-electron chi connectivity index (χ2n) is 4.68. The third kappa shape index (κ3) is 3.41. The molecule has 0 aliphatic carbocycles. The fraction of sp³-hybridized carbons (Fsp3) is 0.286. The Kier molecular flexibility index (Phi) is 4.62. The Morgan fingerprint density at radius 1 is 1.14 bits per heavy atom. The molecule has 0 atom stereocenters. The first-order chi connectivity index (χ1) is 10.7. The molecule has 0 radical (unpaired) electrons. The molecule has 8 heteroatoms. The number of morpholine rings is 1. The predicted octanol–water partition coefficient (Wildman–Crippen LogP) is 2.90. The molecule has 0 saturated carbocycles. The number of rotatable bonds is 4. The van der Waals surface area contributed by atoms with E-state index in [0.717, 1.165) is 32.0 Å². The molecule has 0 spiro atoms. The third-order valence-electron chi connectivity index (χ3n) is 3.26. The van der Waals surface area contributed by atoms with Crippen LogP contribution in [-0.4, -0.2) is 45.7 Å². The summed E-state index contributed by atoms with van der Waals surface area (Å²) in [6, 6.07) is 8.04. The number of nitrogens with zero attached hydrogens (tertiary/aromatic N) is 4. The first-order valence-electron chi connectivity index (χ1n) is 6.80. The van der Waals surface area contributed by atoms with Gasteiger partial charge in [-0.1, -0.05) is 0 Å². The summed E-state index contributed by atoms with van der Waals surface area (Å²) in [5, 5.41) is 19.1. The molecule has 1 aliphatic rings. The van der Waals surface area contributed by atoms with Crippen molar-refractivity contribution in [2.45, 2.75) is 0 Å². The van der Waals surface area contributed by atoms with E-state index in [2.05, 4.69) is 20.1 Å². The maximum atomic E-state index is 10.6. The van der Waals surface area contributed by atoms with Crippen molar-refractivity contribution in [1.29, 1.82) is 0 Å². The standard InChI is InChI=1S/C14H14N4O3Se/c19-18(20)12-3-1-11(2-4-12)15-16-13-5-10-22-14(13)17-6-8-21-9-7-17/h1-5,10H,6-9H2. The number of anilines is 1. The van der Waals surface area contributed by atoms with E-state index in [9.17, 15) is 10.1 Å². The summed E-state index contributed by atoms with van der Waals surface area (Å²) in [5.74, 6) is 0. The van der Waals surface area contributed by atoms with Gasteiger partial charge in [-0.2, -0.15) is 0 Å². The number of hydrogen-bond acceptors (Lipinski definition) is 6.